The van der Waals surface area contributed by atoms with E-state index in [0.717, 1.165) is 21.7 Å². The molecule has 1 amide bonds. The van der Waals surface area contributed by atoms with Gasteiger partial charge < -0.3 is 14.4 Å². The molecule has 0 saturated carbocycles. The van der Waals surface area contributed by atoms with Crippen LogP contribution in [0.5, 0.6) is 11.6 Å². The van der Waals surface area contributed by atoms with Gasteiger partial charge in [0.1, 0.15) is 5.75 Å². The van der Waals surface area contributed by atoms with Crippen molar-refractivity contribution in [3.05, 3.63) is 66.7 Å². The number of carbonyl (C=O) groups excluding carboxylic acids is 1. The van der Waals surface area contributed by atoms with Crippen LogP contribution in [0.15, 0.2) is 77.0 Å². The summed E-state index contributed by atoms with van der Waals surface area (Å²) in [5, 5.41) is 20.7. The highest BCUT2D eigenvalue weighted by molar-refractivity contribution is 5.95. The van der Waals surface area contributed by atoms with Crippen molar-refractivity contribution in [1.29, 1.82) is 0 Å². The molecule has 0 aliphatic heterocycles. The van der Waals surface area contributed by atoms with Crippen LogP contribution >= 0.6 is 0 Å². The first-order chi connectivity index (χ1) is 13.1. The van der Waals surface area contributed by atoms with Crippen LogP contribution in [0.25, 0.3) is 21.7 Å². The number of amides is 1. The van der Waals surface area contributed by atoms with Crippen LogP contribution in [0.4, 0.5) is 5.69 Å². The highest BCUT2D eigenvalue weighted by Crippen LogP contribution is 2.37. The van der Waals surface area contributed by atoms with Crippen molar-refractivity contribution in [3.63, 3.8) is 0 Å². The van der Waals surface area contributed by atoms with Gasteiger partial charge in [0.15, 0.2) is 12.3 Å². The quantitative estimate of drug-likeness (QED) is 0.535. The summed E-state index contributed by atoms with van der Waals surface area (Å²) in [4.78, 5) is 12.0. The zero-order valence-corrected chi connectivity index (χ0v) is 14.7. The Morgan fingerprint density at radius 3 is 2.63 bits per heavy atom. The van der Waals surface area contributed by atoms with E-state index in [1.807, 2.05) is 66.7 Å². The van der Waals surface area contributed by atoms with Gasteiger partial charge in [0.2, 0.25) is 5.88 Å². The van der Waals surface area contributed by atoms with E-state index in [9.17, 15) is 9.90 Å². The molecule has 0 radical (unpaired) electrons. The Morgan fingerprint density at radius 2 is 1.78 bits per heavy atom. The molecule has 6 nitrogen and oxygen atoms in total. The average molecular weight is 359 g/mol. The van der Waals surface area contributed by atoms with Crippen molar-refractivity contribution in [2.45, 2.75) is 0 Å². The molecule has 1 aromatic heterocycles. The monoisotopic (exact) mass is 359 g/mol. The van der Waals surface area contributed by atoms with Crippen LogP contribution in [0.3, 0.4) is 0 Å². The molecule has 1 N–H and O–H groups in total. The first-order valence-corrected chi connectivity index (χ1v) is 8.46. The van der Waals surface area contributed by atoms with Gasteiger partial charge in [-0.05, 0) is 29.0 Å². The maximum absolute atomic E-state index is 12.0. The maximum atomic E-state index is 12.0. The van der Waals surface area contributed by atoms with E-state index in [2.05, 4.69) is 10.2 Å². The molecule has 0 bridgehead atoms. The van der Waals surface area contributed by atoms with Gasteiger partial charge in [-0.2, -0.15) is 0 Å². The summed E-state index contributed by atoms with van der Waals surface area (Å²) in [5.74, 6) is 0.0175. The van der Waals surface area contributed by atoms with Crippen LogP contribution in [-0.4, -0.2) is 22.2 Å². The molecule has 4 rings (SSSR count). The molecular weight excluding hydrogens is 342 g/mol. The first kappa shape index (κ1) is 16.8. The second-order valence-electron chi connectivity index (χ2n) is 6.14. The number of fused-ring (bicyclic) bond motifs is 2. The lowest BCUT2D eigenvalue weighted by atomic mass is 10.1. The van der Waals surface area contributed by atoms with Gasteiger partial charge in [-0.25, -0.2) is 0 Å². The van der Waals surface area contributed by atoms with E-state index in [-0.39, 0.29) is 18.2 Å². The molecule has 1 heterocycles. The average Bonchev–Trinajstić information content (AvgIpc) is 2.95. The Hall–Kier alpha value is -3.67. The molecule has 0 saturated heterocycles. The fourth-order valence-corrected chi connectivity index (χ4v) is 3.00. The third-order valence-corrected chi connectivity index (χ3v) is 4.39. The SMILES string of the molecule is Cn1c(O)c(N=NC(=O)COc2ccc3ccccc3c2)c2ccccc21. The van der Waals surface area contributed by atoms with Gasteiger partial charge in [0, 0.05) is 12.4 Å². The summed E-state index contributed by atoms with van der Waals surface area (Å²) >= 11 is 0. The number of aromatic nitrogens is 1. The van der Waals surface area contributed by atoms with E-state index in [0.29, 0.717) is 5.75 Å². The molecule has 0 unspecified atom stereocenters. The standard InChI is InChI=1S/C21H17N3O3/c1-24-18-9-5-4-8-17(18)20(21(24)26)23-22-19(25)13-27-16-11-10-14-6-2-3-7-15(14)12-16/h2-12,26H,13H2,1H3. The second-order valence-corrected chi connectivity index (χ2v) is 6.14. The lowest BCUT2D eigenvalue weighted by molar-refractivity contribution is -0.120. The van der Waals surface area contributed by atoms with Gasteiger partial charge in [-0.3, -0.25) is 4.79 Å². The van der Waals surface area contributed by atoms with Crippen molar-refractivity contribution in [2.75, 3.05) is 6.61 Å². The number of para-hydroxylation sites is 1. The van der Waals surface area contributed by atoms with E-state index >= 15 is 0 Å². The van der Waals surface area contributed by atoms with Crippen molar-refractivity contribution >= 4 is 33.3 Å². The first-order valence-electron chi connectivity index (χ1n) is 8.46. The third-order valence-electron chi connectivity index (χ3n) is 4.39. The number of ether oxygens (including phenoxy) is 1. The number of carbonyl (C=O) groups is 1. The highest BCUT2D eigenvalue weighted by Gasteiger charge is 2.14. The smallest absolute Gasteiger partial charge is 0.302 e. The lowest BCUT2D eigenvalue weighted by Gasteiger charge is -2.04. The molecule has 0 fully saturated rings. The number of hydrogen-bond acceptors (Lipinski definition) is 4. The molecule has 3 aromatic carbocycles. The highest BCUT2D eigenvalue weighted by atomic mass is 16.5. The molecule has 134 valence electrons. The lowest BCUT2D eigenvalue weighted by Crippen LogP contribution is -2.07. The van der Waals surface area contributed by atoms with Gasteiger partial charge in [-0.15, -0.1) is 10.2 Å². The molecule has 4 aromatic rings. The van der Waals surface area contributed by atoms with Crippen molar-refractivity contribution < 1.29 is 14.6 Å². The number of nitrogens with zero attached hydrogens (tertiary/aromatic N) is 3. The Morgan fingerprint density at radius 1 is 1.04 bits per heavy atom. The molecular formula is C21H17N3O3. The van der Waals surface area contributed by atoms with Gasteiger partial charge >= 0.3 is 5.91 Å². The number of aromatic hydroxyl groups is 1. The van der Waals surface area contributed by atoms with Crippen molar-refractivity contribution in [1.82, 2.24) is 4.57 Å². The summed E-state index contributed by atoms with van der Waals surface area (Å²) in [6.07, 6.45) is 0. The molecule has 0 aliphatic carbocycles. The predicted molar refractivity (Wildman–Crippen MR) is 104 cm³/mol. The van der Waals surface area contributed by atoms with E-state index in [4.69, 9.17) is 4.74 Å². The minimum atomic E-state index is -0.532. The topological polar surface area (TPSA) is 76.2 Å². The van der Waals surface area contributed by atoms with E-state index < -0.39 is 5.91 Å². The Bertz CT molecular complexity index is 1180. The Balaban J connectivity index is 1.48. The number of azo groups is 1. The van der Waals surface area contributed by atoms with Crippen LogP contribution in [-0.2, 0) is 11.8 Å². The zero-order valence-electron chi connectivity index (χ0n) is 14.7. The molecule has 0 spiro atoms. The number of rotatable bonds is 4. The molecule has 0 atom stereocenters. The largest absolute Gasteiger partial charge is 0.493 e. The number of benzene rings is 3. The molecule has 27 heavy (non-hydrogen) atoms. The number of hydrogen-bond donors (Lipinski definition) is 1. The zero-order chi connectivity index (χ0) is 18.8. The fourth-order valence-electron chi connectivity index (χ4n) is 3.00. The van der Waals surface area contributed by atoms with Gasteiger partial charge in [0.25, 0.3) is 0 Å². The second kappa shape index (κ2) is 6.92. The fraction of sp³-hybridized carbons (Fsp3) is 0.0952. The van der Waals surface area contributed by atoms with E-state index in [1.165, 1.54) is 0 Å². The number of aryl methyl sites for hydroxylation is 1. The molecule has 6 heteroatoms. The predicted octanol–water partition coefficient (Wildman–Crippen LogP) is 4.73. The summed E-state index contributed by atoms with van der Waals surface area (Å²) in [6, 6.07) is 20.9. The minimum Gasteiger partial charge on any atom is -0.493 e. The Kier molecular flexibility index (Phi) is 4.30. The summed E-state index contributed by atoms with van der Waals surface area (Å²) < 4.78 is 7.11. The van der Waals surface area contributed by atoms with Gasteiger partial charge in [0.05, 0.1) is 5.52 Å². The normalized spacial score (nSPS) is 11.4. The van der Waals surface area contributed by atoms with Gasteiger partial charge in [-0.1, -0.05) is 48.5 Å². The van der Waals surface area contributed by atoms with Crippen LogP contribution in [0.1, 0.15) is 0 Å². The van der Waals surface area contributed by atoms with Crippen LogP contribution in [0.2, 0.25) is 0 Å². The van der Waals surface area contributed by atoms with Crippen molar-refractivity contribution in [3.8, 4) is 11.6 Å². The van der Waals surface area contributed by atoms with Crippen LogP contribution < -0.4 is 4.74 Å². The third kappa shape index (κ3) is 3.25. The summed E-state index contributed by atoms with van der Waals surface area (Å²) in [5.41, 5.74) is 1.08. The van der Waals surface area contributed by atoms with E-state index in [1.54, 1.807) is 11.6 Å². The van der Waals surface area contributed by atoms with Crippen LogP contribution in [0, 0.1) is 0 Å². The maximum Gasteiger partial charge on any atom is 0.302 e. The Labute approximate surface area is 155 Å². The minimum absolute atomic E-state index is 0.0387. The summed E-state index contributed by atoms with van der Waals surface area (Å²) in [6.45, 7) is -0.229. The molecule has 0 aliphatic rings. The van der Waals surface area contributed by atoms with Crippen molar-refractivity contribution in [2.24, 2.45) is 17.3 Å². The summed E-state index contributed by atoms with van der Waals surface area (Å²) in [7, 11) is 1.72.